The lowest BCUT2D eigenvalue weighted by Gasteiger charge is -2.16. The first-order valence-corrected chi connectivity index (χ1v) is 12.0. The van der Waals surface area contributed by atoms with Crippen molar-refractivity contribution in [3.8, 4) is 5.75 Å². The first kappa shape index (κ1) is 22.8. The summed E-state index contributed by atoms with van der Waals surface area (Å²) in [5.41, 5.74) is 9.27. The van der Waals surface area contributed by atoms with Gasteiger partial charge in [-0.2, -0.15) is 0 Å². The molecule has 0 fully saturated rings. The average molecular weight is 464 g/mol. The van der Waals surface area contributed by atoms with Gasteiger partial charge in [0, 0.05) is 41.5 Å². The molecular formula is C30H29N3O2. The number of ether oxygens (including phenoxy) is 1. The average Bonchev–Trinajstić information content (AvgIpc) is 3.25. The zero-order chi connectivity index (χ0) is 24.4. The van der Waals surface area contributed by atoms with Crippen molar-refractivity contribution in [2.75, 3.05) is 19.5 Å². The van der Waals surface area contributed by atoms with Crippen LogP contribution in [0.4, 0.5) is 5.69 Å². The molecule has 1 aliphatic heterocycles. The number of nitrogens with zero attached hydrogens (tertiary/aromatic N) is 2. The number of carbonyl (C=O) groups is 1. The summed E-state index contributed by atoms with van der Waals surface area (Å²) in [6.45, 7) is 2.07. The molecule has 5 heteroatoms. The Morgan fingerprint density at radius 2 is 1.91 bits per heavy atom. The molecule has 0 atom stereocenters. The molecule has 35 heavy (non-hydrogen) atoms. The molecule has 0 radical (unpaired) electrons. The van der Waals surface area contributed by atoms with E-state index in [2.05, 4.69) is 54.7 Å². The fourth-order valence-electron chi connectivity index (χ4n) is 4.94. The smallest absolute Gasteiger partial charge is 0.228 e. The Balaban J connectivity index is 1.54. The van der Waals surface area contributed by atoms with Crippen LogP contribution < -0.4 is 10.1 Å². The predicted octanol–water partition coefficient (Wildman–Crippen LogP) is 5.69. The molecule has 0 spiro atoms. The van der Waals surface area contributed by atoms with Crippen molar-refractivity contribution in [3.63, 3.8) is 0 Å². The molecule has 1 aliphatic rings. The summed E-state index contributed by atoms with van der Waals surface area (Å²) in [7, 11) is 3.53. The van der Waals surface area contributed by atoms with Crippen molar-refractivity contribution < 1.29 is 9.53 Å². The van der Waals surface area contributed by atoms with Crippen LogP contribution in [0.3, 0.4) is 0 Å². The molecule has 0 bridgehead atoms. The minimum Gasteiger partial charge on any atom is -0.496 e. The van der Waals surface area contributed by atoms with Gasteiger partial charge in [0.1, 0.15) is 5.75 Å². The Labute approximate surface area is 205 Å². The number of aromatic nitrogens is 1. The number of amides is 1. The van der Waals surface area contributed by atoms with Crippen LogP contribution in [0.1, 0.15) is 39.8 Å². The number of fused-ring (bicyclic) bond motifs is 2. The van der Waals surface area contributed by atoms with Gasteiger partial charge in [0.25, 0.3) is 0 Å². The lowest BCUT2D eigenvalue weighted by molar-refractivity contribution is -0.115. The second-order valence-corrected chi connectivity index (χ2v) is 9.01. The van der Waals surface area contributed by atoms with Crippen LogP contribution in [-0.2, 0) is 24.1 Å². The highest BCUT2D eigenvalue weighted by Gasteiger charge is 2.21. The van der Waals surface area contributed by atoms with Gasteiger partial charge in [0.05, 0.1) is 24.8 Å². The molecule has 5 rings (SSSR count). The fraction of sp³-hybridized carbons (Fsp3) is 0.233. The van der Waals surface area contributed by atoms with Crippen molar-refractivity contribution in [1.82, 2.24) is 4.98 Å². The van der Waals surface area contributed by atoms with Gasteiger partial charge in [-0.15, -0.1) is 0 Å². The molecular weight excluding hydrogens is 434 g/mol. The van der Waals surface area contributed by atoms with Gasteiger partial charge in [-0.3, -0.25) is 14.8 Å². The van der Waals surface area contributed by atoms with Crippen molar-refractivity contribution in [3.05, 3.63) is 100 Å². The largest absolute Gasteiger partial charge is 0.496 e. The van der Waals surface area contributed by atoms with Crippen LogP contribution in [0.5, 0.6) is 5.75 Å². The lowest BCUT2D eigenvalue weighted by atomic mass is 9.92. The van der Waals surface area contributed by atoms with Gasteiger partial charge in [-0.25, -0.2) is 0 Å². The van der Waals surface area contributed by atoms with Gasteiger partial charge in [-0.1, -0.05) is 42.5 Å². The highest BCUT2D eigenvalue weighted by molar-refractivity contribution is 6.20. The minimum atomic E-state index is 0.0323. The first-order chi connectivity index (χ1) is 17.1. The number of pyridine rings is 1. The second kappa shape index (κ2) is 9.71. The van der Waals surface area contributed by atoms with E-state index in [9.17, 15) is 4.79 Å². The molecule has 0 saturated heterocycles. The number of aryl methyl sites for hydroxylation is 3. The Hall–Kier alpha value is -3.99. The van der Waals surface area contributed by atoms with E-state index in [0.717, 1.165) is 69.6 Å². The maximum atomic E-state index is 11.9. The van der Waals surface area contributed by atoms with E-state index >= 15 is 0 Å². The number of rotatable bonds is 7. The molecule has 0 saturated carbocycles. The highest BCUT2D eigenvalue weighted by atomic mass is 16.5. The van der Waals surface area contributed by atoms with E-state index in [1.807, 2.05) is 31.4 Å². The number of anilines is 1. The Morgan fingerprint density at radius 3 is 2.69 bits per heavy atom. The monoisotopic (exact) mass is 463 g/mol. The molecule has 176 valence electrons. The van der Waals surface area contributed by atoms with E-state index in [0.29, 0.717) is 6.42 Å². The zero-order valence-electron chi connectivity index (χ0n) is 20.4. The third kappa shape index (κ3) is 4.54. The van der Waals surface area contributed by atoms with Gasteiger partial charge < -0.3 is 10.1 Å². The maximum absolute atomic E-state index is 11.9. The summed E-state index contributed by atoms with van der Waals surface area (Å²) in [6, 6.07) is 20.9. The van der Waals surface area contributed by atoms with Crippen LogP contribution in [-0.4, -0.2) is 30.8 Å². The van der Waals surface area contributed by atoms with E-state index in [4.69, 9.17) is 14.7 Å². The zero-order valence-corrected chi connectivity index (χ0v) is 20.4. The van der Waals surface area contributed by atoms with Gasteiger partial charge in [0.15, 0.2) is 0 Å². The topological polar surface area (TPSA) is 63.6 Å². The second-order valence-electron chi connectivity index (χ2n) is 9.01. The molecule has 1 N–H and O–H groups in total. The number of benzene rings is 3. The van der Waals surface area contributed by atoms with E-state index in [1.54, 1.807) is 7.11 Å². The van der Waals surface area contributed by atoms with Crippen molar-refractivity contribution >= 4 is 28.2 Å². The highest BCUT2D eigenvalue weighted by Crippen LogP contribution is 2.32. The number of aliphatic imine (C=N–C) groups is 1. The lowest BCUT2D eigenvalue weighted by Crippen LogP contribution is -2.09. The van der Waals surface area contributed by atoms with Gasteiger partial charge >= 0.3 is 0 Å². The molecule has 4 aromatic rings. The number of hydrogen-bond donors (Lipinski definition) is 1. The predicted molar refractivity (Wildman–Crippen MR) is 142 cm³/mol. The van der Waals surface area contributed by atoms with Crippen LogP contribution in [0.15, 0.2) is 71.9 Å². The van der Waals surface area contributed by atoms with E-state index in [-0.39, 0.29) is 5.91 Å². The van der Waals surface area contributed by atoms with Crippen molar-refractivity contribution in [2.24, 2.45) is 4.99 Å². The Morgan fingerprint density at radius 1 is 1.09 bits per heavy atom. The van der Waals surface area contributed by atoms with Crippen LogP contribution in [0, 0.1) is 6.92 Å². The summed E-state index contributed by atoms with van der Waals surface area (Å²) >= 11 is 0. The third-order valence-corrected chi connectivity index (χ3v) is 6.68. The van der Waals surface area contributed by atoms with Crippen molar-refractivity contribution in [2.45, 2.75) is 32.6 Å². The molecule has 5 nitrogen and oxygen atoms in total. The van der Waals surface area contributed by atoms with Gasteiger partial charge in [-0.05, 0) is 60.6 Å². The SMILES string of the molecule is C/N=C(/c1ccc2c(c1)NC(=O)C2)c1c(C)cnc2cc(OC)c(CCCc3ccccc3)cc12. The van der Waals surface area contributed by atoms with E-state index < -0.39 is 0 Å². The molecule has 0 unspecified atom stereocenters. The fourth-order valence-corrected chi connectivity index (χ4v) is 4.94. The van der Waals surface area contributed by atoms with Crippen molar-refractivity contribution in [1.29, 1.82) is 0 Å². The standard InChI is InChI=1S/C30H29N3O2/c1-19-18-32-26-17-27(35-3)22(11-7-10-20-8-5-4-6-9-20)14-24(26)29(19)30(31-2)23-13-12-21-16-28(34)33-25(21)15-23/h4-6,8-9,12-15,17-18H,7,10-11,16H2,1-3H3,(H,33,34)/b31-30-. The normalized spacial score (nSPS) is 13.1. The van der Waals surface area contributed by atoms with Crippen LogP contribution in [0.2, 0.25) is 0 Å². The minimum absolute atomic E-state index is 0.0323. The van der Waals surface area contributed by atoms with Crippen LogP contribution in [0.25, 0.3) is 10.9 Å². The number of nitrogens with one attached hydrogen (secondary N) is 1. The number of methoxy groups -OCH3 is 1. The Bertz CT molecular complexity index is 1440. The van der Waals surface area contributed by atoms with Crippen LogP contribution >= 0.6 is 0 Å². The quantitative estimate of drug-likeness (QED) is 0.358. The van der Waals surface area contributed by atoms with E-state index in [1.165, 1.54) is 11.1 Å². The molecule has 0 aliphatic carbocycles. The summed E-state index contributed by atoms with van der Waals surface area (Å²) in [4.78, 5) is 21.3. The van der Waals surface area contributed by atoms with Gasteiger partial charge in [0.2, 0.25) is 5.91 Å². The maximum Gasteiger partial charge on any atom is 0.228 e. The number of carbonyl (C=O) groups excluding carboxylic acids is 1. The molecule has 1 amide bonds. The number of hydrogen-bond acceptors (Lipinski definition) is 4. The molecule has 2 heterocycles. The summed E-state index contributed by atoms with van der Waals surface area (Å²) < 4.78 is 5.75. The third-order valence-electron chi connectivity index (χ3n) is 6.68. The summed E-state index contributed by atoms with van der Waals surface area (Å²) in [6.07, 6.45) is 5.28. The summed E-state index contributed by atoms with van der Waals surface area (Å²) in [5, 5.41) is 4.02. The molecule has 1 aromatic heterocycles. The summed E-state index contributed by atoms with van der Waals surface area (Å²) in [5.74, 6) is 0.896. The first-order valence-electron chi connectivity index (χ1n) is 12.0. The Kier molecular flexibility index (Phi) is 6.32. The molecule has 3 aromatic carbocycles.